The van der Waals surface area contributed by atoms with Gasteiger partial charge in [0.15, 0.2) is 18.5 Å². The van der Waals surface area contributed by atoms with Crippen molar-refractivity contribution in [1.29, 1.82) is 0 Å². The number of ether oxygens (including phenoxy) is 5. The van der Waals surface area contributed by atoms with Crippen molar-refractivity contribution >= 4 is 41.6 Å². The van der Waals surface area contributed by atoms with Crippen molar-refractivity contribution in [2.24, 2.45) is 11.8 Å². The number of nitrogens with zero attached hydrogens (tertiary/aromatic N) is 2. The van der Waals surface area contributed by atoms with E-state index in [9.17, 15) is 33.6 Å². The highest BCUT2D eigenvalue weighted by Gasteiger charge is 2.45. The predicted molar refractivity (Wildman–Crippen MR) is 213 cm³/mol. The van der Waals surface area contributed by atoms with Gasteiger partial charge in [0.25, 0.3) is 0 Å². The molecule has 1 aliphatic carbocycles. The van der Waals surface area contributed by atoms with Gasteiger partial charge in [-0.25, -0.2) is 19.2 Å². The van der Waals surface area contributed by atoms with Crippen LogP contribution >= 0.6 is 0 Å². The summed E-state index contributed by atoms with van der Waals surface area (Å²) in [5.41, 5.74) is 3.08. The summed E-state index contributed by atoms with van der Waals surface area (Å²) in [5, 5.41) is 2.57. The van der Waals surface area contributed by atoms with Crippen LogP contribution in [0, 0.1) is 11.8 Å². The van der Waals surface area contributed by atoms with Gasteiger partial charge in [-0.2, -0.15) is 0 Å². The number of hydrogen-bond donors (Lipinski definition) is 1. The number of benzene rings is 2. The molecule has 59 heavy (non-hydrogen) atoms. The first-order chi connectivity index (χ1) is 27.9. The van der Waals surface area contributed by atoms with E-state index in [2.05, 4.69) is 5.32 Å². The molecule has 4 aliphatic rings. The molecule has 0 spiro atoms. The third-order valence-electron chi connectivity index (χ3n) is 11.6. The lowest BCUT2D eigenvalue weighted by Crippen LogP contribution is -2.56. The number of amides is 3. The van der Waals surface area contributed by atoms with Crippen molar-refractivity contribution in [2.75, 3.05) is 20.3 Å². The number of hydrogen-bond acceptors (Lipinski definition) is 12. The van der Waals surface area contributed by atoms with Crippen molar-refractivity contribution in [3.8, 4) is 16.9 Å². The second kappa shape index (κ2) is 17.4. The van der Waals surface area contributed by atoms with Crippen LogP contribution in [0.4, 0.5) is 9.59 Å². The van der Waals surface area contributed by atoms with Crippen LogP contribution in [0.1, 0.15) is 112 Å². The Labute approximate surface area is 344 Å². The molecule has 15 heteroatoms. The van der Waals surface area contributed by atoms with Gasteiger partial charge in [0.05, 0.1) is 7.11 Å². The Hall–Kier alpha value is -5.47. The average Bonchev–Trinajstić information content (AvgIpc) is 3.82. The van der Waals surface area contributed by atoms with E-state index < -0.39 is 72.3 Å². The molecule has 3 amide bonds. The first-order valence-electron chi connectivity index (χ1n) is 20.4. The number of ketones is 2. The van der Waals surface area contributed by atoms with Gasteiger partial charge >= 0.3 is 24.1 Å². The van der Waals surface area contributed by atoms with Crippen molar-refractivity contribution < 1.29 is 57.2 Å². The number of nitrogens with one attached hydrogen (secondary N) is 1. The van der Waals surface area contributed by atoms with Gasteiger partial charge < -0.3 is 33.9 Å². The molecule has 2 aromatic rings. The Morgan fingerprint density at radius 3 is 2.36 bits per heavy atom. The van der Waals surface area contributed by atoms with Crippen molar-refractivity contribution in [1.82, 2.24) is 15.1 Å². The van der Waals surface area contributed by atoms with Crippen LogP contribution in [0.15, 0.2) is 30.3 Å². The Balaban J connectivity index is 1.10. The molecule has 1 unspecified atom stereocenters. The molecule has 2 saturated heterocycles. The second-order valence-corrected chi connectivity index (χ2v) is 17.2. The van der Waals surface area contributed by atoms with Crippen molar-refractivity contribution in [3.05, 3.63) is 52.6 Å². The van der Waals surface area contributed by atoms with E-state index >= 15 is 0 Å². The largest absolute Gasteiger partial charge is 0.488 e. The zero-order chi connectivity index (χ0) is 42.9. The standard InChI is InChI=1S/C44H55N3O12/c1-9-25-16-33(46(20-25)43(54)59-44(5,6)7)40(51)57-22-34(48)27-11-13-29-28(17-27)21-56-36-19-30-26(18-31(29)36)12-15-35(38(30)49)58-41(52)32-14-10-24(4)47(32)39(50)37(23(2)3)45-42(53)55-8/h11,13,17-19,23-25,32-33,35,37H,9-10,12,14-16,20-22H2,1-8H3,(H,45,53)/t24-,25-,32-,33-,35?,37-/m0/s1. The summed E-state index contributed by atoms with van der Waals surface area (Å²) in [7, 11) is 1.21. The van der Waals surface area contributed by atoms with Crippen LogP contribution in [-0.4, -0.2) is 108 Å². The number of aryl methyl sites for hydroxylation is 1. The lowest BCUT2D eigenvalue weighted by Gasteiger charge is -2.33. The van der Waals surface area contributed by atoms with Crippen LogP contribution < -0.4 is 10.1 Å². The molecule has 15 nitrogen and oxygen atoms in total. The lowest BCUT2D eigenvalue weighted by molar-refractivity contribution is -0.158. The first-order valence-corrected chi connectivity index (χ1v) is 20.4. The minimum Gasteiger partial charge on any atom is -0.488 e. The van der Waals surface area contributed by atoms with Gasteiger partial charge in [-0.05, 0) is 107 Å². The highest BCUT2D eigenvalue weighted by molar-refractivity contribution is 6.04. The van der Waals surface area contributed by atoms with Crippen LogP contribution in [0.2, 0.25) is 0 Å². The molecule has 0 aromatic heterocycles. The molecule has 1 N–H and O–H groups in total. The number of carbonyl (C=O) groups excluding carboxylic acids is 7. The van der Waals surface area contributed by atoms with E-state index in [1.54, 1.807) is 58.9 Å². The molecule has 2 fully saturated rings. The molecule has 3 heterocycles. The number of alkyl carbamates (subject to hydrolysis) is 1. The first kappa shape index (κ1) is 43.1. The quantitative estimate of drug-likeness (QED) is 0.173. The van der Waals surface area contributed by atoms with Crippen LogP contribution in [0.5, 0.6) is 5.75 Å². The molecule has 3 aliphatic heterocycles. The summed E-state index contributed by atoms with van der Waals surface area (Å²) >= 11 is 0. The zero-order valence-electron chi connectivity index (χ0n) is 35.1. The Kier molecular flexibility index (Phi) is 12.7. The van der Waals surface area contributed by atoms with Crippen molar-refractivity contribution in [3.63, 3.8) is 0 Å². The number of Topliss-reactive ketones (excluding diaryl/α,β-unsaturated/α-hetero) is 2. The summed E-state index contributed by atoms with van der Waals surface area (Å²) in [6, 6.07) is 5.79. The van der Waals surface area contributed by atoms with E-state index in [-0.39, 0.29) is 36.7 Å². The number of rotatable bonds is 10. The maximum absolute atomic E-state index is 13.8. The SMILES string of the molecule is CC[C@H]1C[C@@H](C(=O)OCC(=O)c2ccc3c(c2)COc2cc4c(cc2-3)CCC(OC(=O)[C@@H]2CC[C@H](C)N2C(=O)[C@@H](NC(=O)OC)C(C)C)C4=O)N(C(=O)OC(C)(C)C)C1. The third kappa shape index (κ3) is 9.23. The fourth-order valence-corrected chi connectivity index (χ4v) is 8.35. The highest BCUT2D eigenvalue weighted by atomic mass is 16.6. The fourth-order valence-electron chi connectivity index (χ4n) is 8.35. The number of fused-ring (bicyclic) bond motifs is 4. The van der Waals surface area contributed by atoms with Gasteiger partial charge in [0.2, 0.25) is 11.7 Å². The normalized spacial score (nSPS) is 22.7. The molecule has 0 bridgehead atoms. The number of methoxy groups -OCH3 is 1. The van der Waals surface area contributed by atoms with Gasteiger partial charge in [0, 0.05) is 29.3 Å². The highest BCUT2D eigenvalue weighted by Crippen LogP contribution is 2.42. The summed E-state index contributed by atoms with van der Waals surface area (Å²) in [6.45, 7) is 12.7. The summed E-state index contributed by atoms with van der Waals surface area (Å²) in [4.78, 5) is 95.2. The van der Waals surface area contributed by atoms with E-state index in [1.807, 2.05) is 19.9 Å². The molecular formula is C44H55N3O12. The predicted octanol–water partition coefficient (Wildman–Crippen LogP) is 5.81. The Morgan fingerprint density at radius 1 is 0.932 bits per heavy atom. The monoisotopic (exact) mass is 817 g/mol. The lowest BCUT2D eigenvalue weighted by atomic mass is 9.84. The maximum atomic E-state index is 13.8. The Morgan fingerprint density at radius 2 is 1.68 bits per heavy atom. The van der Waals surface area contributed by atoms with Gasteiger partial charge in [-0.1, -0.05) is 39.3 Å². The Bertz CT molecular complexity index is 2020. The minimum absolute atomic E-state index is 0.112. The molecular weight excluding hydrogens is 762 g/mol. The number of likely N-dealkylation sites (tertiary alicyclic amines) is 2. The number of carbonyl (C=O) groups is 7. The van der Waals surface area contributed by atoms with Crippen LogP contribution in [-0.2, 0) is 46.4 Å². The van der Waals surface area contributed by atoms with Gasteiger partial charge in [-0.3, -0.25) is 19.3 Å². The molecule has 2 aromatic carbocycles. The molecule has 6 atom stereocenters. The average molecular weight is 818 g/mol. The van der Waals surface area contributed by atoms with Crippen molar-refractivity contribution in [2.45, 2.75) is 129 Å². The molecule has 6 rings (SSSR count). The van der Waals surface area contributed by atoms with E-state index in [0.29, 0.717) is 49.1 Å². The third-order valence-corrected chi connectivity index (χ3v) is 11.6. The van der Waals surface area contributed by atoms with E-state index in [4.69, 9.17) is 23.7 Å². The number of esters is 2. The topological polar surface area (TPSA) is 184 Å². The summed E-state index contributed by atoms with van der Waals surface area (Å²) < 4.78 is 27.6. The van der Waals surface area contributed by atoms with E-state index in [0.717, 1.165) is 28.7 Å². The fraction of sp³-hybridized carbons (Fsp3) is 0.568. The smallest absolute Gasteiger partial charge is 0.411 e. The van der Waals surface area contributed by atoms with Gasteiger partial charge in [-0.15, -0.1) is 0 Å². The zero-order valence-corrected chi connectivity index (χ0v) is 35.1. The van der Waals surface area contributed by atoms with Crippen LogP contribution in [0.25, 0.3) is 11.1 Å². The van der Waals surface area contributed by atoms with Gasteiger partial charge in [0.1, 0.15) is 36.1 Å². The second-order valence-electron chi connectivity index (χ2n) is 17.2. The molecule has 0 radical (unpaired) electrons. The molecule has 318 valence electrons. The van der Waals surface area contributed by atoms with Crippen LogP contribution in [0.3, 0.4) is 0 Å². The minimum atomic E-state index is -1.05. The van der Waals surface area contributed by atoms with E-state index in [1.165, 1.54) is 16.9 Å². The molecule has 0 saturated carbocycles. The summed E-state index contributed by atoms with van der Waals surface area (Å²) in [5.74, 6) is -2.20. The maximum Gasteiger partial charge on any atom is 0.411 e. The summed E-state index contributed by atoms with van der Waals surface area (Å²) in [6.07, 6.45) is 0.431.